The van der Waals surface area contributed by atoms with Gasteiger partial charge in [0.25, 0.3) is 0 Å². The highest BCUT2D eigenvalue weighted by Crippen LogP contribution is 2.30. The Morgan fingerprint density at radius 2 is 2.12 bits per heavy atom. The lowest BCUT2D eigenvalue weighted by Crippen LogP contribution is -1.97. The minimum Gasteiger partial charge on any atom is -0.309 e. The van der Waals surface area contributed by atoms with Crippen LogP contribution in [0.4, 0.5) is 0 Å². The SMILES string of the molecule is CCc1c(Cl)ncnc1Sc1nnc(C)n1C. The molecule has 2 aromatic rings. The summed E-state index contributed by atoms with van der Waals surface area (Å²) in [6, 6.07) is 0. The number of hydrogen-bond donors (Lipinski definition) is 0. The van der Waals surface area contributed by atoms with Crippen molar-refractivity contribution < 1.29 is 0 Å². The summed E-state index contributed by atoms with van der Waals surface area (Å²) >= 11 is 7.49. The zero-order valence-corrected chi connectivity index (χ0v) is 11.4. The highest BCUT2D eigenvalue weighted by atomic mass is 35.5. The molecule has 0 bridgehead atoms. The first kappa shape index (κ1) is 12.3. The summed E-state index contributed by atoms with van der Waals surface area (Å²) in [7, 11) is 1.92. The molecule has 2 aromatic heterocycles. The summed E-state index contributed by atoms with van der Waals surface area (Å²) in [5, 5.41) is 10.2. The largest absolute Gasteiger partial charge is 0.309 e. The van der Waals surface area contributed by atoms with E-state index in [9.17, 15) is 0 Å². The zero-order valence-electron chi connectivity index (χ0n) is 9.81. The van der Waals surface area contributed by atoms with Gasteiger partial charge in [-0.15, -0.1) is 10.2 Å². The van der Waals surface area contributed by atoms with Crippen molar-refractivity contribution >= 4 is 23.4 Å². The molecule has 7 heteroatoms. The molecule has 0 N–H and O–H groups in total. The van der Waals surface area contributed by atoms with Crippen molar-refractivity contribution in [2.45, 2.75) is 30.5 Å². The van der Waals surface area contributed by atoms with Crippen molar-refractivity contribution in [2.24, 2.45) is 7.05 Å². The maximum absolute atomic E-state index is 6.03. The van der Waals surface area contributed by atoms with E-state index in [1.54, 1.807) is 0 Å². The highest BCUT2D eigenvalue weighted by Gasteiger charge is 2.13. The first-order chi connectivity index (χ1) is 8.13. The van der Waals surface area contributed by atoms with Gasteiger partial charge in [-0.05, 0) is 25.1 Å². The maximum atomic E-state index is 6.03. The van der Waals surface area contributed by atoms with Crippen molar-refractivity contribution in [1.82, 2.24) is 24.7 Å². The van der Waals surface area contributed by atoms with Gasteiger partial charge in [0.05, 0.1) is 0 Å². The number of halogens is 1. The normalized spacial score (nSPS) is 10.8. The molecule has 17 heavy (non-hydrogen) atoms. The first-order valence-corrected chi connectivity index (χ1v) is 6.36. The van der Waals surface area contributed by atoms with E-state index in [1.807, 2.05) is 25.5 Å². The van der Waals surface area contributed by atoms with Gasteiger partial charge in [-0.1, -0.05) is 18.5 Å². The van der Waals surface area contributed by atoms with Gasteiger partial charge >= 0.3 is 0 Å². The predicted molar refractivity (Wildman–Crippen MR) is 66.3 cm³/mol. The Morgan fingerprint density at radius 3 is 2.71 bits per heavy atom. The Bertz CT molecular complexity index is 539. The molecule has 0 aromatic carbocycles. The van der Waals surface area contributed by atoms with E-state index in [2.05, 4.69) is 20.2 Å². The van der Waals surface area contributed by atoms with Gasteiger partial charge in [-0.25, -0.2) is 9.97 Å². The molecule has 0 saturated heterocycles. The molecule has 90 valence electrons. The summed E-state index contributed by atoms with van der Waals surface area (Å²) < 4.78 is 1.92. The smallest absolute Gasteiger partial charge is 0.197 e. The van der Waals surface area contributed by atoms with Gasteiger partial charge in [-0.2, -0.15) is 0 Å². The average molecular weight is 270 g/mol. The van der Waals surface area contributed by atoms with E-state index in [0.29, 0.717) is 5.15 Å². The van der Waals surface area contributed by atoms with E-state index in [0.717, 1.165) is 28.0 Å². The molecular formula is C10H12ClN5S. The van der Waals surface area contributed by atoms with Crippen molar-refractivity contribution in [1.29, 1.82) is 0 Å². The molecule has 2 heterocycles. The second-order valence-electron chi connectivity index (χ2n) is 3.49. The number of aryl methyl sites for hydroxylation is 1. The quantitative estimate of drug-likeness (QED) is 0.800. The highest BCUT2D eigenvalue weighted by molar-refractivity contribution is 7.99. The first-order valence-electron chi connectivity index (χ1n) is 5.16. The summed E-state index contributed by atoms with van der Waals surface area (Å²) in [6.07, 6.45) is 2.26. The Labute approximate surface area is 109 Å². The monoisotopic (exact) mass is 269 g/mol. The van der Waals surface area contributed by atoms with Crippen LogP contribution in [0.5, 0.6) is 0 Å². The number of aromatic nitrogens is 5. The van der Waals surface area contributed by atoms with Gasteiger partial charge in [0.1, 0.15) is 22.3 Å². The second kappa shape index (κ2) is 5.01. The fourth-order valence-corrected chi connectivity index (χ4v) is 2.63. The molecule has 2 rings (SSSR count). The van der Waals surface area contributed by atoms with Gasteiger partial charge < -0.3 is 4.57 Å². The van der Waals surface area contributed by atoms with Crippen LogP contribution in [0.1, 0.15) is 18.3 Å². The van der Waals surface area contributed by atoms with Gasteiger partial charge in [0, 0.05) is 12.6 Å². The molecule has 0 amide bonds. The molecule has 0 aliphatic rings. The molecule has 0 atom stereocenters. The van der Waals surface area contributed by atoms with E-state index in [-0.39, 0.29) is 0 Å². The van der Waals surface area contributed by atoms with E-state index < -0.39 is 0 Å². The lowest BCUT2D eigenvalue weighted by molar-refractivity contribution is 0.763. The Hall–Kier alpha value is -1.14. The second-order valence-corrected chi connectivity index (χ2v) is 4.81. The number of nitrogens with zero attached hydrogens (tertiary/aromatic N) is 5. The van der Waals surface area contributed by atoms with Crippen LogP contribution < -0.4 is 0 Å². The van der Waals surface area contributed by atoms with Crippen LogP contribution in [0, 0.1) is 6.92 Å². The fraction of sp³-hybridized carbons (Fsp3) is 0.400. The van der Waals surface area contributed by atoms with Crippen LogP contribution in [-0.4, -0.2) is 24.7 Å². The predicted octanol–water partition coefficient (Wildman–Crippen LogP) is 2.28. The molecule has 0 fully saturated rings. The molecule has 0 radical (unpaired) electrons. The molecular weight excluding hydrogens is 258 g/mol. The van der Waals surface area contributed by atoms with Gasteiger partial charge in [0.2, 0.25) is 0 Å². The fourth-order valence-electron chi connectivity index (χ4n) is 1.32. The van der Waals surface area contributed by atoms with E-state index in [4.69, 9.17) is 11.6 Å². The van der Waals surface area contributed by atoms with E-state index in [1.165, 1.54) is 18.1 Å². The van der Waals surface area contributed by atoms with Crippen molar-refractivity contribution in [3.63, 3.8) is 0 Å². The average Bonchev–Trinajstić information content (AvgIpc) is 2.61. The topological polar surface area (TPSA) is 56.5 Å². The van der Waals surface area contributed by atoms with Crippen LogP contribution in [0.3, 0.4) is 0 Å². The Balaban J connectivity index is 2.36. The third kappa shape index (κ3) is 2.42. The lowest BCUT2D eigenvalue weighted by atomic mass is 10.3. The van der Waals surface area contributed by atoms with Crippen LogP contribution in [0.15, 0.2) is 16.5 Å². The minimum atomic E-state index is 0.504. The van der Waals surface area contributed by atoms with Crippen molar-refractivity contribution in [3.8, 4) is 0 Å². The Morgan fingerprint density at radius 1 is 1.35 bits per heavy atom. The standard InChI is InChI=1S/C10H12ClN5S/c1-4-7-8(11)12-5-13-9(7)17-10-15-14-6(2)16(10)3/h5H,4H2,1-3H3. The summed E-state index contributed by atoms with van der Waals surface area (Å²) in [5.41, 5.74) is 0.944. The number of rotatable bonds is 3. The lowest BCUT2D eigenvalue weighted by Gasteiger charge is -2.06. The van der Waals surface area contributed by atoms with Crippen molar-refractivity contribution in [3.05, 3.63) is 22.9 Å². The van der Waals surface area contributed by atoms with Crippen LogP contribution >= 0.6 is 23.4 Å². The molecule has 0 unspecified atom stereocenters. The van der Waals surface area contributed by atoms with Crippen LogP contribution in [-0.2, 0) is 13.5 Å². The van der Waals surface area contributed by atoms with Gasteiger partial charge in [-0.3, -0.25) is 0 Å². The van der Waals surface area contributed by atoms with E-state index >= 15 is 0 Å². The molecule has 5 nitrogen and oxygen atoms in total. The third-order valence-corrected chi connectivity index (χ3v) is 3.86. The summed E-state index contributed by atoms with van der Waals surface area (Å²) in [4.78, 5) is 8.22. The maximum Gasteiger partial charge on any atom is 0.197 e. The van der Waals surface area contributed by atoms with Crippen LogP contribution in [0.25, 0.3) is 0 Å². The molecule has 0 saturated carbocycles. The van der Waals surface area contributed by atoms with Crippen LogP contribution in [0.2, 0.25) is 5.15 Å². The summed E-state index contributed by atoms with van der Waals surface area (Å²) in [5.74, 6) is 0.866. The molecule has 0 aliphatic heterocycles. The minimum absolute atomic E-state index is 0.504. The molecule has 0 aliphatic carbocycles. The third-order valence-electron chi connectivity index (χ3n) is 2.45. The number of hydrogen-bond acceptors (Lipinski definition) is 5. The van der Waals surface area contributed by atoms with Gasteiger partial charge in [0.15, 0.2) is 5.16 Å². The zero-order chi connectivity index (χ0) is 12.4. The molecule has 0 spiro atoms. The van der Waals surface area contributed by atoms with Crippen molar-refractivity contribution in [2.75, 3.05) is 0 Å². The summed E-state index contributed by atoms with van der Waals surface area (Å²) in [6.45, 7) is 3.93. The Kier molecular flexibility index (Phi) is 3.63.